The molecule has 0 atom stereocenters. The number of rotatable bonds is 5. The minimum Gasteiger partial charge on any atom is -0.322 e. The third kappa shape index (κ3) is 4.84. The van der Waals surface area contributed by atoms with Crippen LogP contribution in [0.15, 0.2) is 77.9 Å². The molecular weight excluding hydrogens is 374 g/mol. The van der Waals surface area contributed by atoms with E-state index in [2.05, 4.69) is 15.8 Å². The zero-order chi connectivity index (χ0) is 19.9. The number of halogens is 1. The van der Waals surface area contributed by atoms with E-state index in [1.807, 2.05) is 37.3 Å². The molecule has 0 bridgehead atoms. The summed E-state index contributed by atoms with van der Waals surface area (Å²) in [7, 11) is 0. The SMILES string of the molecule is Cc1ccccc1C(=O)Nc1ccc(C(=O)NN=Cc2ccccc2Cl)cc1. The minimum absolute atomic E-state index is 0.195. The van der Waals surface area contributed by atoms with E-state index in [0.29, 0.717) is 27.4 Å². The van der Waals surface area contributed by atoms with Crippen LogP contribution in [-0.4, -0.2) is 18.0 Å². The number of nitrogens with one attached hydrogen (secondary N) is 2. The topological polar surface area (TPSA) is 70.6 Å². The number of amides is 2. The molecule has 0 heterocycles. The zero-order valence-corrected chi connectivity index (χ0v) is 15.9. The van der Waals surface area contributed by atoms with Gasteiger partial charge in [-0.05, 0) is 48.9 Å². The van der Waals surface area contributed by atoms with E-state index < -0.39 is 0 Å². The second-order valence-electron chi connectivity index (χ2n) is 6.07. The molecule has 28 heavy (non-hydrogen) atoms. The predicted octanol–water partition coefficient (Wildman–Crippen LogP) is 4.66. The number of carbonyl (C=O) groups excluding carboxylic acids is 2. The number of hydrazone groups is 1. The Labute approximate surface area is 168 Å². The van der Waals surface area contributed by atoms with Crippen molar-refractivity contribution in [3.63, 3.8) is 0 Å². The van der Waals surface area contributed by atoms with Gasteiger partial charge in [-0.3, -0.25) is 9.59 Å². The molecule has 0 spiro atoms. The molecule has 5 nitrogen and oxygen atoms in total. The largest absolute Gasteiger partial charge is 0.322 e. The van der Waals surface area contributed by atoms with Crippen LogP contribution < -0.4 is 10.7 Å². The van der Waals surface area contributed by atoms with E-state index in [9.17, 15) is 9.59 Å². The number of benzene rings is 3. The number of aryl methyl sites for hydroxylation is 1. The summed E-state index contributed by atoms with van der Waals surface area (Å²) in [6, 6.07) is 21.1. The highest BCUT2D eigenvalue weighted by molar-refractivity contribution is 6.33. The molecule has 3 aromatic carbocycles. The third-order valence-corrected chi connectivity index (χ3v) is 4.41. The van der Waals surface area contributed by atoms with Gasteiger partial charge in [-0.25, -0.2) is 5.43 Å². The van der Waals surface area contributed by atoms with Crippen molar-refractivity contribution in [2.75, 3.05) is 5.32 Å². The molecule has 2 amide bonds. The molecule has 3 aromatic rings. The Bertz CT molecular complexity index is 1030. The lowest BCUT2D eigenvalue weighted by Crippen LogP contribution is -2.18. The number of hydrogen-bond donors (Lipinski definition) is 2. The molecular formula is C22H18ClN3O2. The van der Waals surface area contributed by atoms with Gasteiger partial charge in [0.15, 0.2) is 0 Å². The molecule has 0 aliphatic carbocycles. The lowest BCUT2D eigenvalue weighted by atomic mass is 10.1. The monoisotopic (exact) mass is 391 g/mol. The Kier molecular flexibility index (Phi) is 6.19. The first kappa shape index (κ1) is 19.3. The zero-order valence-electron chi connectivity index (χ0n) is 15.1. The van der Waals surface area contributed by atoms with Crippen LogP contribution in [0.2, 0.25) is 5.02 Å². The maximum Gasteiger partial charge on any atom is 0.271 e. The molecule has 0 unspecified atom stereocenters. The summed E-state index contributed by atoms with van der Waals surface area (Å²) < 4.78 is 0. The van der Waals surface area contributed by atoms with E-state index >= 15 is 0 Å². The average molecular weight is 392 g/mol. The van der Waals surface area contributed by atoms with E-state index in [0.717, 1.165) is 5.56 Å². The molecule has 0 radical (unpaired) electrons. The van der Waals surface area contributed by atoms with Crippen LogP contribution in [0.4, 0.5) is 5.69 Å². The van der Waals surface area contributed by atoms with Crippen LogP contribution in [0.25, 0.3) is 0 Å². The number of carbonyl (C=O) groups is 2. The number of nitrogens with zero attached hydrogens (tertiary/aromatic N) is 1. The van der Waals surface area contributed by atoms with Gasteiger partial charge in [0, 0.05) is 27.4 Å². The van der Waals surface area contributed by atoms with Gasteiger partial charge in [0.05, 0.1) is 6.21 Å². The van der Waals surface area contributed by atoms with Gasteiger partial charge in [-0.15, -0.1) is 0 Å². The quantitative estimate of drug-likeness (QED) is 0.490. The summed E-state index contributed by atoms with van der Waals surface area (Å²) in [5.74, 6) is -0.556. The van der Waals surface area contributed by atoms with Gasteiger partial charge < -0.3 is 5.32 Å². The van der Waals surface area contributed by atoms with Gasteiger partial charge in [-0.1, -0.05) is 48.0 Å². The van der Waals surface area contributed by atoms with Crippen molar-refractivity contribution >= 4 is 35.3 Å². The van der Waals surface area contributed by atoms with Gasteiger partial charge >= 0.3 is 0 Å². The fraction of sp³-hybridized carbons (Fsp3) is 0.0455. The Hall–Kier alpha value is -3.44. The van der Waals surface area contributed by atoms with Crippen molar-refractivity contribution in [2.24, 2.45) is 5.10 Å². The fourth-order valence-corrected chi connectivity index (χ4v) is 2.72. The van der Waals surface area contributed by atoms with Crippen LogP contribution in [0, 0.1) is 6.92 Å². The van der Waals surface area contributed by atoms with Crippen LogP contribution >= 0.6 is 11.6 Å². The molecule has 0 fully saturated rings. The van der Waals surface area contributed by atoms with Crippen LogP contribution in [0.1, 0.15) is 31.8 Å². The second kappa shape index (κ2) is 8.97. The highest BCUT2D eigenvalue weighted by atomic mass is 35.5. The number of hydrogen-bond acceptors (Lipinski definition) is 3. The second-order valence-corrected chi connectivity index (χ2v) is 6.47. The molecule has 0 aromatic heterocycles. The summed E-state index contributed by atoms with van der Waals surface area (Å²) in [5, 5.41) is 7.29. The van der Waals surface area contributed by atoms with Crippen LogP contribution in [-0.2, 0) is 0 Å². The van der Waals surface area contributed by atoms with Crippen molar-refractivity contribution in [3.05, 3.63) is 100 Å². The van der Waals surface area contributed by atoms with E-state index in [4.69, 9.17) is 11.6 Å². The Morgan fingerprint density at radius 2 is 1.57 bits per heavy atom. The van der Waals surface area contributed by atoms with E-state index in [-0.39, 0.29) is 11.8 Å². The Balaban J connectivity index is 1.61. The smallest absolute Gasteiger partial charge is 0.271 e. The Morgan fingerprint density at radius 1 is 0.893 bits per heavy atom. The maximum atomic E-state index is 12.3. The molecule has 0 saturated heterocycles. The molecule has 0 aliphatic rings. The first-order valence-corrected chi connectivity index (χ1v) is 8.97. The van der Waals surface area contributed by atoms with Crippen molar-refractivity contribution < 1.29 is 9.59 Å². The van der Waals surface area contributed by atoms with Crippen molar-refractivity contribution in [2.45, 2.75) is 6.92 Å². The summed E-state index contributed by atoms with van der Waals surface area (Å²) in [6.07, 6.45) is 1.48. The van der Waals surface area contributed by atoms with Crippen LogP contribution in [0.3, 0.4) is 0 Å². The highest BCUT2D eigenvalue weighted by Crippen LogP contribution is 2.14. The van der Waals surface area contributed by atoms with E-state index in [1.54, 1.807) is 42.5 Å². The molecule has 140 valence electrons. The molecule has 0 aliphatic heterocycles. The van der Waals surface area contributed by atoms with E-state index in [1.165, 1.54) is 6.21 Å². The minimum atomic E-state index is -0.361. The third-order valence-electron chi connectivity index (χ3n) is 4.07. The average Bonchev–Trinajstić information content (AvgIpc) is 2.70. The molecule has 6 heteroatoms. The van der Waals surface area contributed by atoms with Crippen molar-refractivity contribution in [1.82, 2.24) is 5.43 Å². The fourth-order valence-electron chi connectivity index (χ4n) is 2.54. The highest BCUT2D eigenvalue weighted by Gasteiger charge is 2.09. The van der Waals surface area contributed by atoms with Gasteiger partial charge in [0.25, 0.3) is 11.8 Å². The predicted molar refractivity (Wildman–Crippen MR) is 112 cm³/mol. The van der Waals surface area contributed by atoms with Crippen molar-refractivity contribution in [1.29, 1.82) is 0 Å². The van der Waals surface area contributed by atoms with Crippen molar-refractivity contribution in [3.8, 4) is 0 Å². The first-order chi connectivity index (χ1) is 13.5. The standard InChI is InChI=1S/C22H18ClN3O2/c1-15-6-2-4-8-19(15)22(28)25-18-12-10-16(11-13-18)21(27)26-24-14-17-7-3-5-9-20(17)23/h2-14H,1H3,(H,25,28)(H,26,27). The molecule has 0 saturated carbocycles. The molecule has 2 N–H and O–H groups in total. The number of anilines is 1. The summed E-state index contributed by atoms with van der Waals surface area (Å²) in [6.45, 7) is 1.88. The summed E-state index contributed by atoms with van der Waals surface area (Å²) >= 11 is 6.03. The maximum absolute atomic E-state index is 12.3. The van der Waals surface area contributed by atoms with Gasteiger partial charge in [0.1, 0.15) is 0 Å². The first-order valence-electron chi connectivity index (χ1n) is 8.59. The summed E-state index contributed by atoms with van der Waals surface area (Å²) in [5.41, 5.74) is 5.69. The Morgan fingerprint density at radius 3 is 2.29 bits per heavy atom. The van der Waals surface area contributed by atoms with Gasteiger partial charge in [0.2, 0.25) is 0 Å². The van der Waals surface area contributed by atoms with Crippen LogP contribution in [0.5, 0.6) is 0 Å². The lowest BCUT2D eigenvalue weighted by Gasteiger charge is -2.08. The summed E-state index contributed by atoms with van der Waals surface area (Å²) in [4.78, 5) is 24.5. The van der Waals surface area contributed by atoms with Gasteiger partial charge in [-0.2, -0.15) is 5.10 Å². The lowest BCUT2D eigenvalue weighted by molar-refractivity contribution is 0.0954. The normalized spacial score (nSPS) is 10.6. The molecule has 3 rings (SSSR count).